The summed E-state index contributed by atoms with van der Waals surface area (Å²) in [6.45, 7) is 0. The molecule has 0 saturated heterocycles. The highest BCUT2D eigenvalue weighted by Gasteiger charge is 2.13. The molecule has 0 saturated carbocycles. The van der Waals surface area contributed by atoms with Crippen LogP contribution in [-0.2, 0) is 6.42 Å². The van der Waals surface area contributed by atoms with Crippen LogP contribution in [0.15, 0.2) is 70.3 Å². The smallest absolute Gasteiger partial charge is 0.272 e. The van der Waals surface area contributed by atoms with Crippen LogP contribution in [0, 0.1) is 0 Å². The molecular formula is C24H17ClN4O3. The van der Waals surface area contributed by atoms with Crippen LogP contribution in [0.3, 0.4) is 0 Å². The lowest BCUT2D eigenvalue weighted by Gasteiger charge is -2.12. The number of nitrogens with zero attached hydrogens (tertiary/aromatic N) is 2. The first kappa shape index (κ1) is 20.0. The van der Waals surface area contributed by atoms with E-state index in [1.165, 1.54) is 0 Å². The van der Waals surface area contributed by atoms with Crippen molar-refractivity contribution in [1.29, 1.82) is 0 Å². The van der Waals surface area contributed by atoms with E-state index in [1.54, 1.807) is 31.4 Å². The van der Waals surface area contributed by atoms with E-state index in [2.05, 4.69) is 20.2 Å². The van der Waals surface area contributed by atoms with E-state index in [9.17, 15) is 9.59 Å². The van der Waals surface area contributed by atoms with E-state index >= 15 is 0 Å². The SMILES string of the molecule is COc1cc(-c2nc3ccc(Cl)cc3c(=O)[nH]2)ccc1Cc1n[nH]c(=O)c2ccccc12. The molecule has 2 heterocycles. The van der Waals surface area contributed by atoms with Crippen LogP contribution in [0.25, 0.3) is 33.1 Å². The number of methoxy groups -OCH3 is 1. The highest BCUT2D eigenvalue weighted by molar-refractivity contribution is 6.31. The summed E-state index contributed by atoms with van der Waals surface area (Å²) in [7, 11) is 1.58. The van der Waals surface area contributed by atoms with Gasteiger partial charge in [-0.25, -0.2) is 10.1 Å². The Labute approximate surface area is 186 Å². The molecule has 2 N–H and O–H groups in total. The molecule has 0 bridgehead atoms. The minimum Gasteiger partial charge on any atom is -0.496 e. The van der Waals surface area contributed by atoms with Gasteiger partial charge >= 0.3 is 0 Å². The van der Waals surface area contributed by atoms with E-state index in [1.807, 2.05) is 36.4 Å². The molecule has 5 rings (SSSR count). The number of ether oxygens (including phenoxy) is 1. The molecule has 0 aliphatic rings. The first-order valence-electron chi connectivity index (χ1n) is 9.86. The molecular weight excluding hydrogens is 428 g/mol. The first-order chi connectivity index (χ1) is 15.5. The molecule has 8 heteroatoms. The number of hydrogen-bond acceptors (Lipinski definition) is 5. The number of halogens is 1. The number of aromatic nitrogens is 4. The summed E-state index contributed by atoms with van der Waals surface area (Å²) < 4.78 is 5.61. The lowest BCUT2D eigenvalue weighted by atomic mass is 10.0. The minimum atomic E-state index is -0.264. The second-order valence-corrected chi connectivity index (χ2v) is 7.76. The fourth-order valence-corrected chi connectivity index (χ4v) is 3.94. The molecule has 5 aromatic rings. The normalized spacial score (nSPS) is 11.2. The molecule has 0 aliphatic heterocycles. The summed E-state index contributed by atoms with van der Waals surface area (Å²) >= 11 is 5.99. The van der Waals surface area contributed by atoms with Crippen LogP contribution in [0.5, 0.6) is 5.75 Å². The maximum absolute atomic E-state index is 12.5. The van der Waals surface area contributed by atoms with Gasteiger partial charge in [0.1, 0.15) is 11.6 Å². The van der Waals surface area contributed by atoms with Gasteiger partial charge in [0.15, 0.2) is 0 Å². The van der Waals surface area contributed by atoms with Gasteiger partial charge in [-0.1, -0.05) is 41.9 Å². The molecule has 158 valence electrons. The molecule has 0 unspecified atom stereocenters. The Bertz CT molecular complexity index is 1610. The summed E-state index contributed by atoms with van der Waals surface area (Å²) in [4.78, 5) is 32.0. The second-order valence-electron chi connectivity index (χ2n) is 7.32. The van der Waals surface area contributed by atoms with Gasteiger partial charge in [0.25, 0.3) is 11.1 Å². The molecule has 7 nitrogen and oxygen atoms in total. The number of H-pyrrole nitrogens is 2. The average Bonchev–Trinajstić information content (AvgIpc) is 2.81. The minimum absolute atomic E-state index is 0.223. The van der Waals surface area contributed by atoms with Gasteiger partial charge in [0.2, 0.25) is 0 Å². The molecule has 32 heavy (non-hydrogen) atoms. The Morgan fingerprint density at radius 3 is 2.56 bits per heavy atom. The number of rotatable bonds is 4. The van der Waals surface area contributed by atoms with Gasteiger partial charge in [-0.3, -0.25) is 9.59 Å². The predicted octanol–water partition coefficient (Wildman–Crippen LogP) is 4.08. The zero-order chi connectivity index (χ0) is 22.2. The Balaban J connectivity index is 1.57. The highest BCUT2D eigenvalue weighted by Crippen LogP contribution is 2.28. The standard InChI is InChI=1S/C24H17ClN4O3/c1-32-21-11-14(22-26-19-9-8-15(25)12-18(19)23(30)27-22)7-6-13(21)10-20-16-4-2-3-5-17(16)24(31)29-28-20/h2-9,11-12H,10H2,1H3,(H,29,31)(H,26,27,30). The van der Waals surface area contributed by atoms with E-state index in [-0.39, 0.29) is 11.1 Å². The monoisotopic (exact) mass is 444 g/mol. The van der Waals surface area contributed by atoms with Crippen molar-refractivity contribution in [1.82, 2.24) is 20.2 Å². The third-order valence-corrected chi connectivity index (χ3v) is 5.60. The third kappa shape index (κ3) is 3.52. The van der Waals surface area contributed by atoms with Crippen molar-refractivity contribution in [2.45, 2.75) is 6.42 Å². The number of fused-ring (bicyclic) bond motifs is 2. The molecule has 2 aromatic heterocycles. The highest BCUT2D eigenvalue weighted by atomic mass is 35.5. The zero-order valence-corrected chi connectivity index (χ0v) is 17.7. The van der Waals surface area contributed by atoms with Gasteiger partial charge in [-0.15, -0.1) is 0 Å². The Kier molecular flexibility index (Phi) is 4.95. The van der Waals surface area contributed by atoms with Crippen LogP contribution >= 0.6 is 11.6 Å². The summed E-state index contributed by atoms with van der Waals surface area (Å²) in [5, 5.41) is 9.10. The summed E-state index contributed by atoms with van der Waals surface area (Å²) in [5.74, 6) is 1.06. The summed E-state index contributed by atoms with van der Waals surface area (Å²) in [5.41, 5.74) is 2.40. The molecule has 0 atom stereocenters. The van der Waals surface area contributed by atoms with Crippen molar-refractivity contribution in [3.8, 4) is 17.1 Å². The maximum Gasteiger partial charge on any atom is 0.272 e. The quantitative estimate of drug-likeness (QED) is 0.435. The van der Waals surface area contributed by atoms with Crippen LogP contribution in [0.4, 0.5) is 0 Å². The largest absolute Gasteiger partial charge is 0.496 e. The summed E-state index contributed by atoms with van der Waals surface area (Å²) in [6.07, 6.45) is 0.459. The second kappa shape index (κ2) is 7.94. The molecule has 0 fully saturated rings. The number of nitrogens with one attached hydrogen (secondary N) is 2. The Morgan fingerprint density at radius 1 is 0.938 bits per heavy atom. The number of hydrogen-bond donors (Lipinski definition) is 2. The third-order valence-electron chi connectivity index (χ3n) is 5.36. The van der Waals surface area contributed by atoms with Gasteiger partial charge in [-0.2, -0.15) is 5.10 Å². The summed E-state index contributed by atoms with van der Waals surface area (Å²) in [6, 6.07) is 18.0. The van der Waals surface area contributed by atoms with Crippen molar-refractivity contribution in [2.24, 2.45) is 0 Å². The fourth-order valence-electron chi connectivity index (χ4n) is 3.77. The van der Waals surface area contributed by atoms with Crippen molar-refractivity contribution in [3.63, 3.8) is 0 Å². The van der Waals surface area contributed by atoms with Crippen molar-refractivity contribution in [2.75, 3.05) is 7.11 Å². The van der Waals surface area contributed by atoms with E-state index in [4.69, 9.17) is 16.3 Å². The lowest BCUT2D eigenvalue weighted by Crippen LogP contribution is -2.11. The van der Waals surface area contributed by atoms with Crippen LogP contribution in [0.1, 0.15) is 11.3 Å². The van der Waals surface area contributed by atoms with Gasteiger partial charge < -0.3 is 9.72 Å². The van der Waals surface area contributed by atoms with Crippen molar-refractivity contribution in [3.05, 3.63) is 97.7 Å². The van der Waals surface area contributed by atoms with E-state index < -0.39 is 0 Å². The number of aromatic amines is 2. The first-order valence-corrected chi connectivity index (χ1v) is 10.2. The van der Waals surface area contributed by atoms with E-state index in [0.29, 0.717) is 44.9 Å². The lowest BCUT2D eigenvalue weighted by molar-refractivity contribution is 0.410. The van der Waals surface area contributed by atoms with Crippen molar-refractivity contribution < 1.29 is 4.74 Å². The number of benzene rings is 3. The maximum atomic E-state index is 12.5. The van der Waals surface area contributed by atoms with Crippen LogP contribution in [0.2, 0.25) is 5.02 Å². The molecule has 0 spiro atoms. The Hall–Kier alpha value is -3.97. The topological polar surface area (TPSA) is 101 Å². The van der Waals surface area contributed by atoms with Gasteiger partial charge in [0, 0.05) is 28.0 Å². The average molecular weight is 445 g/mol. The van der Waals surface area contributed by atoms with Crippen molar-refractivity contribution >= 4 is 33.3 Å². The Morgan fingerprint density at radius 2 is 1.75 bits per heavy atom. The molecule has 0 aliphatic carbocycles. The fraction of sp³-hybridized carbons (Fsp3) is 0.0833. The predicted molar refractivity (Wildman–Crippen MR) is 125 cm³/mol. The van der Waals surface area contributed by atoms with Crippen LogP contribution in [-0.4, -0.2) is 27.3 Å². The van der Waals surface area contributed by atoms with Gasteiger partial charge in [0.05, 0.1) is 29.1 Å². The molecule has 0 amide bonds. The van der Waals surface area contributed by atoms with E-state index in [0.717, 1.165) is 16.6 Å². The van der Waals surface area contributed by atoms with Gasteiger partial charge in [-0.05, 0) is 30.3 Å². The van der Waals surface area contributed by atoms with Crippen LogP contribution < -0.4 is 15.9 Å². The molecule has 0 radical (unpaired) electrons. The zero-order valence-electron chi connectivity index (χ0n) is 17.0. The molecule has 3 aromatic carbocycles.